The third kappa shape index (κ3) is 7.84. The topological polar surface area (TPSA) is 97.4 Å². The number of carbonyl (C=O) groups excluding carboxylic acids is 1. The summed E-state index contributed by atoms with van der Waals surface area (Å²) in [6, 6.07) is 5.64. The third-order valence-corrected chi connectivity index (χ3v) is 4.42. The molecule has 0 unspecified atom stereocenters. The van der Waals surface area contributed by atoms with E-state index in [0.29, 0.717) is 12.0 Å². The lowest BCUT2D eigenvalue weighted by Gasteiger charge is -2.11. The van der Waals surface area contributed by atoms with E-state index in [1.807, 2.05) is 4.72 Å². The van der Waals surface area contributed by atoms with E-state index in [2.05, 4.69) is 10.3 Å². The van der Waals surface area contributed by atoms with Gasteiger partial charge < -0.3 is 10.1 Å². The summed E-state index contributed by atoms with van der Waals surface area (Å²) in [6.07, 6.45) is -0.855. The maximum absolute atomic E-state index is 14.0. The van der Waals surface area contributed by atoms with Crippen LogP contribution in [0.1, 0.15) is 30.2 Å². The normalized spacial score (nSPS) is 12.1. The van der Waals surface area contributed by atoms with Crippen molar-refractivity contribution in [1.82, 2.24) is 10.3 Å². The molecule has 0 spiro atoms. The van der Waals surface area contributed by atoms with E-state index in [1.165, 1.54) is 18.2 Å². The summed E-state index contributed by atoms with van der Waals surface area (Å²) in [5.41, 5.74) is -0.784. The number of alkyl halides is 3. The summed E-state index contributed by atoms with van der Waals surface area (Å²) in [7, 11) is -3.64. The molecule has 0 bridgehead atoms. The number of benzene rings is 1. The van der Waals surface area contributed by atoms with Gasteiger partial charge in [-0.1, -0.05) is 13.0 Å². The van der Waals surface area contributed by atoms with Gasteiger partial charge in [0.15, 0.2) is 0 Å². The van der Waals surface area contributed by atoms with E-state index in [4.69, 9.17) is 4.74 Å². The number of ether oxygens (including phenoxy) is 1. The van der Waals surface area contributed by atoms with Crippen LogP contribution in [0.4, 0.5) is 23.2 Å². The Kier molecular flexibility index (Phi) is 8.19. The number of halogens is 4. The molecule has 0 atom stereocenters. The second-order valence-electron chi connectivity index (χ2n) is 6.68. The van der Waals surface area contributed by atoms with Gasteiger partial charge in [-0.2, -0.15) is 13.2 Å². The van der Waals surface area contributed by atoms with Crippen LogP contribution in [0.2, 0.25) is 0 Å². The van der Waals surface area contributed by atoms with E-state index < -0.39 is 33.6 Å². The molecule has 2 N–H and O–H groups in total. The average Bonchev–Trinajstić information content (AvgIpc) is 2.69. The van der Waals surface area contributed by atoms with Crippen LogP contribution < -0.4 is 14.8 Å². The number of carbonyl (C=O) groups is 1. The molecule has 0 aliphatic heterocycles. The number of pyridine rings is 1. The Balaban J connectivity index is 2.06. The molecule has 7 nitrogen and oxygen atoms in total. The van der Waals surface area contributed by atoms with Crippen LogP contribution in [0.5, 0.6) is 5.88 Å². The Hall–Kier alpha value is -3.15. The molecule has 1 heterocycles. The molecule has 0 aliphatic rings. The zero-order valence-corrected chi connectivity index (χ0v) is 18.0. The van der Waals surface area contributed by atoms with Gasteiger partial charge >= 0.3 is 6.18 Å². The first-order valence-corrected chi connectivity index (χ1v) is 11.2. The molecule has 0 saturated carbocycles. The number of nitrogens with one attached hydrogen (secondary N) is 2. The lowest BCUT2D eigenvalue weighted by molar-refractivity contribution is -0.141. The minimum atomic E-state index is -4.63. The van der Waals surface area contributed by atoms with Crippen LogP contribution in [0.15, 0.2) is 36.4 Å². The van der Waals surface area contributed by atoms with Crippen molar-refractivity contribution in [2.75, 3.05) is 17.6 Å². The van der Waals surface area contributed by atoms with Crippen molar-refractivity contribution in [2.24, 2.45) is 0 Å². The van der Waals surface area contributed by atoms with Gasteiger partial charge in [-0.05, 0) is 42.3 Å². The van der Waals surface area contributed by atoms with Crippen molar-refractivity contribution in [2.45, 2.75) is 26.1 Å². The fourth-order valence-electron chi connectivity index (χ4n) is 2.41. The van der Waals surface area contributed by atoms with Crippen LogP contribution >= 0.6 is 0 Å². The molecule has 12 heteroatoms. The minimum absolute atomic E-state index is 0.0658. The van der Waals surface area contributed by atoms with Gasteiger partial charge in [0.2, 0.25) is 21.8 Å². The molecule has 32 heavy (non-hydrogen) atoms. The largest absolute Gasteiger partial charge is 0.477 e. The Bertz CT molecular complexity index is 1100. The fraction of sp³-hybridized carbons (Fsp3) is 0.300. The molecule has 0 aliphatic carbocycles. The molecule has 0 fully saturated rings. The first-order chi connectivity index (χ1) is 14.9. The van der Waals surface area contributed by atoms with Gasteiger partial charge in [0.25, 0.3) is 0 Å². The maximum Gasteiger partial charge on any atom is 0.433 e. The molecule has 0 radical (unpaired) electrons. The second kappa shape index (κ2) is 10.4. The Morgan fingerprint density at radius 3 is 2.53 bits per heavy atom. The summed E-state index contributed by atoms with van der Waals surface area (Å²) in [5.74, 6) is -1.65. The summed E-state index contributed by atoms with van der Waals surface area (Å²) in [6.45, 7) is 1.87. The highest BCUT2D eigenvalue weighted by Crippen LogP contribution is 2.30. The fourth-order valence-corrected chi connectivity index (χ4v) is 2.98. The van der Waals surface area contributed by atoms with Crippen LogP contribution in [0, 0.1) is 5.82 Å². The zero-order chi connectivity index (χ0) is 23.9. The van der Waals surface area contributed by atoms with Crippen molar-refractivity contribution in [1.29, 1.82) is 0 Å². The number of aromatic nitrogens is 1. The maximum atomic E-state index is 14.0. The first kappa shape index (κ1) is 25.1. The van der Waals surface area contributed by atoms with Crippen molar-refractivity contribution in [3.63, 3.8) is 0 Å². The van der Waals surface area contributed by atoms with Gasteiger partial charge in [0, 0.05) is 18.2 Å². The predicted octanol–water partition coefficient (Wildman–Crippen LogP) is 3.73. The first-order valence-electron chi connectivity index (χ1n) is 9.32. The van der Waals surface area contributed by atoms with Crippen LogP contribution in [0.3, 0.4) is 0 Å². The summed E-state index contributed by atoms with van der Waals surface area (Å²) in [5, 5.41) is 2.49. The highest BCUT2D eigenvalue weighted by Gasteiger charge is 2.33. The number of hydrogen-bond donors (Lipinski definition) is 2. The van der Waals surface area contributed by atoms with Gasteiger partial charge in [-0.15, -0.1) is 0 Å². The number of rotatable bonds is 9. The minimum Gasteiger partial charge on any atom is -0.477 e. The molecule has 174 valence electrons. The van der Waals surface area contributed by atoms with E-state index in [1.54, 1.807) is 6.92 Å². The Labute approximate surface area is 182 Å². The van der Waals surface area contributed by atoms with E-state index >= 15 is 0 Å². The van der Waals surface area contributed by atoms with E-state index in [9.17, 15) is 30.8 Å². The molecule has 1 aromatic carbocycles. The summed E-state index contributed by atoms with van der Waals surface area (Å²) in [4.78, 5) is 15.5. The SMILES string of the molecule is CCCOc1nc(C(F)(F)F)ccc1/C=C/C(=O)NCc1ccc(NS(C)(=O)=O)c(F)c1. The third-order valence-electron chi connectivity index (χ3n) is 3.83. The van der Waals surface area contributed by atoms with Gasteiger partial charge in [0.1, 0.15) is 11.5 Å². The number of hydrogen-bond acceptors (Lipinski definition) is 5. The lowest BCUT2D eigenvalue weighted by atomic mass is 10.2. The highest BCUT2D eigenvalue weighted by molar-refractivity contribution is 7.92. The van der Waals surface area contributed by atoms with Gasteiger partial charge in [-0.25, -0.2) is 17.8 Å². The smallest absolute Gasteiger partial charge is 0.433 e. The Morgan fingerprint density at radius 1 is 1.22 bits per heavy atom. The van der Waals surface area contributed by atoms with Gasteiger partial charge in [-0.3, -0.25) is 9.52 Å². The standard InChI is InChI=1S/C20H21F4N3O4S/c1-3-10-31-19-14(5-8-17(26-19)20(22,23)24)6-9-18(28)25-12-13-4-7-16(15(21)11-13)27-32(2,29)30/h4-9,11,27H,3,10,12H2,1-2H3,(H,25,28)/b9-6+. The molecule has 2 rings (SSSR count). The van der Waals surface area contributed by atoms with Crippen molar-refractivity contribution in [3.8, 4) is 5.88 Å². The number of nitrogens with zero attached hydrogens (tertiary/aromatic N) is 1. The summed E-state index contributed by atoms with van der Waals surface area (Å²) >= 11 is 0. The van der Waals surface area contributed by atoms with Crippen LogP contribution in [-0.4, -0.2) is 32.2 Å². The number of amides is 1. The molecular weight excluding hydrogens is 454 g/mol. The molecular formula is C20H21F4N3O4S. The summed E-state index contributed by atoms with van der Waals surface area (Å²) < 4.78 is 82.2. The second-order valence-corrected chi connectivity index (χ2v) is 8.43. The van der Waals surface area contributed by atoms with Crippen molar-refractivity contribution in [3.05, 3.63) is 59.0 Å². The van der Waals surface area contributed by atoms with Crippen molar-refractivity contribution >= 4 is 27.7 Å². The predicted molar refractivity (Wildman–Crippen MR) is 111 cm³/mol. The number of anilines is 1. The van der Waals surface area contributed by atoms with E-state index in [0.717, 1.165) is 30.5 Å². The molecule has 1 amide bonds. The monoisotopic (exact) mass is 475 g/mol. The van der Waals surface area contributed by atoms with Crippen LogP contribution in [-0.2, 0) is 27.5 Å². The molecule has 1 aromatic heterocycles. The zero-order valence-electron chi connectivity index (χ0n) is 17.2. The molecule has 0 saturated heterocycles. The van der Waals surface area contributed by atoms with Crippen molar-refractivity contribution < 1.29 is 35.5 Å². The van der Waals surface area contributed by atoms with E-state index in [-0.39, 0.29) is 30.3 Å². The Morgan fingerprint density at radius 2 is 1.94 bits per heavy atom. The lowest BCUT2D eigenvalue weighted by Crippen LogP contribution is -2.20. The quantitative estimate of drug-likeness (QED) is 0.426. The average molecular weight is 475 g/mol. The van der Waals surface area contributed by atoms with Gasteiger partial charge in [0.05, 0.1) is 18.6 Å². The number of sulfonamides is 1. The van der Waals surface area contributed by atoms with Crippen LogP contribution in [0.25, 0.3) is 6.08 Å². The molecule has 2 aromatic rings. The highest BCUT2D eigenvalue weighted by atomic mass is 32.2.